The fourth-order valence-electron chi connectivity index (χ4n) is 0.379. The highest BCUT2D eigenvalue weighted by molar-refractivity contribution is 7.31. The van der Waals surface area contributed by atoms with Gasteiger partial charge in [-0.1, -0.05) is 6.92 Å². The summed E-state index contributed by atoms with van der Waals surface area (Å²) in [6, 6.07) is 0. The molecule has 0 heterocycles. The van der Waals surface area contributed by atoms with E-state index in [0.29, 0.717) is 8.73 Å². The summed E-state index contributed by atoms with van der Waals surface area (Å²) in [6.45, 7) is 5.41. The topological polar surface area (TPSA) is 23.1 Å². The quantitative estimate of drug-likeness (QED) is 0.424. The molecule has 0 radical (unpaired) electrons. The zero-order valence-corrected chi connectivity index (χ0v) is 6.35. The number of hydrogen-bond acceptors (Lipinski definition) is 1. The smallest absolute Gasteiger partial charge is 0.0935 e. The van der Waals surface area contributed by atoms with Crippen molar-refractivity contribution in [3.8, 4) is 0 Å². The molecule has 0 saturated carbocycles. The molecule has 0 aromatic rings. The van der Waals surface area contributed by atoms with E-state index in [2.05, 4.69) is 6.58 Å². The molecule has 2 nitrogen and oxygen atoms in total. The second kappa shape index (κ2) is 3.18. The van der Waals surface area contributed by atoms with Gasteiger partial charge in [-0.2, -0.15) is 0 Å². The summed E-state index contributed by atoms with van der Waals surface area (Å²) in [4.78, 5) is 0. The molecule has 0 rings (SSSR count). The zero-order valence-electron chi connectivity index (χ0n) is 5.35. The third-order valence-electron chi connectivity index (χ3n) is 0.820. The molecule has 0 aliphatic heterocycles. The fraction of sp³-hybridized carbons (Fsp3) is 0.600. The van der Waals surface area contributed by atoms with Crippen molar-refractivity contribution >= 4 is 8.73 Å². The monoisotopic (exact) mass is 133 g/mol. The lowest BCUT2D eigenvalue weighted by atomic mass is 11.0. The van der Waals surface area contributed by atoms with Crippen molar-refractivity contribution in [3.63, 3.8) is 0 Å². The summed E-state index contributed by atoms with van der Waals surface area (Å²) in [6.07, 6.45) is 2.36. The average molecular weight is 133 g/mol. The van der Waals surface area contributed by atoms with E-state index < -0.39 is 0 Å². The zero-order chi connectivity index (χ0) is 6.62. The van der Waals surface area contributed by atoms with Crippen molar-refractivity contribution in [2.45, 2.75) is 6.92 Å². The number of nitrogens with zero attached hydrogens (tertiary/aromatic N) is 1. The van der Waals surface area contributed by atoms with Gasteiger partial charge in [-0.25, -0.2) is 0 Å². The molecule has 0 spiro atoms. The van der Waals surface area contributed by atoms with Crippen LogP contribution in [-0.2, 0) is 0 Å². The minimum Gasteiger partial charge on any atom is -0.627 e. The molecule has 8 heavy (non-hydrogen) atoms. The maximum absolute atomic E-state index is 10.9. The molecule has 0 fully saturated rings. The Kier molecular flexibility index (Phi) is 3.22. The van der Waals surface area contributed by atoms with E-state index in [1.54, 1.807) is 7.05 Å². The number of hydroxylamine groups is 2. The molecule has 0 bridgehead atoms. The summed E-state index contributed by atoms with van der Waals surface area (Å²) < 4.78 is -0.295. The van der Waals surface area contributed by atoms with Crippen LogP contribution in [0.5, 0.6) is 0 Å². The van der Waals surface area contributed by atoms with Crippen LogP contribution in [0.25, 0.3) is 0 Å². The van der Waals surface area contributed by atoms with Crippen LogP contribution in [0.4, 0.5) is 0 Å². The van der Waals surface area contributed by atoms with Crippen LogP contribution in [0, 0.1) is 5.21 Å². The average Bonchev–Trinajstić information content (AvgIpc) is 1.67. The SMILES string of the molecule is C=C[N+](C)([O-])PCC. The van der Waals surface area contributed by atoms with Crippen LogP contribution in [0.15, 0.2) is 12.8 Å². The van der Waals surface area contributed by atoms with Gasteiger partial charge >= 0.3 is 0 Å². The highest BCUT2D eigenvalue weighted by Gasteiger charge is 2.00. The molecule has 0 amide bonds. The Morgan fingerprint density at radius 3 is 2.50 bits per heavy atom. The number of rotatable bonds is 3. The van der Waals surface area contributed by atoms with Gasteiger partial charge in [0.05, 0.1) is 22.0 Å². The summed E-state index contributed by atoms with van der Waals surface area (Å²) in [5.74, 6) is 0. The lowest BCUT2D eigenvalue weighted by Crippen LogP contribution is -2.18. The minimum atomic E-state index is -0.295. The van der Waals surface area contributed by atoms with E-state index in [1.165, 1.54) is 6.20 Å². The molecular weight excluding hydrogens is 121 g/mol. The molecule has 0 N–H and O–H groups in total. The van der Waals surface area contributed by atoms with Crippen molar-refractivity contribution in [1.82, 2.24) is 0 Å². The predicted octanol–water partition coefficient (Wildman–Crippen LogP) is 1.69. The van der Waals surface area contributed by atoms with Gasteiger partial charge in [-0.15, -0.1) is 0 Å². The van der Waals surface area contributed by atoms with E-state index in [9.17, 15) is 5.21 Å². The third-order valence-corrected chi connectivity index (χ3v) is 1.95. The minimum absolute atomic E-state index is 0.295. The first-order valence-corrected chi connectivity index (χ1v) is 3.73. The lowest BCUT2D eigenvalue weighted by Gasteiger charge is -2.32. The molecule has 2 unspecified atom stereocenters. The number of hydrogen-bond donors (Lipinski definition) is 0. The van der Waals surface area contributed by atoms with Gasteiger partial charge in [-0.05, 0) is 6.58 Å². The van der Waals surface area contributed by atoms with Crippen LogP contribution in [0.1, 0.15) is 6.92 Å². The first-order chi connectivity index (χ1) is 3.62. The third kappa shape index (κ3) is 3.14. The van der Waals surface area contributed by atoms with Crippen molar-refractivity contribution in [3.05, 3.63) is 18.0 Å². The van der Waals surface area contributed by atoms with Crippen molar-refractivity contribution in [2.75, 3.05) is 13.2 Å². The van der Waals surface area contributed by atoms with E-state index >= 15 is 0 Å². The first-order valence-electron chi connectivity index (χ1n) is 2.58. The second-order valence-electron chi connectivity index (χ2n) is 1.68. The normalized spacial score (nSPS) is 18.9. The highest BCUT2D eigenvalue weighted by atomic mass is 31.1. The summed E-state index contributed by atoms with van der Waals surface area (Å²) in [5.41, 5.74) is 0. The molecule has 3 heteroatoms. The standard InChI is InChI=1S/C5H12NOP/c1-4-6(3,7)8-5-2/h4,8H,1,5H2,2-3H3. The first kappa shape index (κ1) is 8.09. The summed E-state index contributed by atoms with van der Waals surface area (Å²) >= 11 is 0. The van der Waals surface area contributed by atoms with Gasteiger partial charge < -0.3 is 9.62 Å². The van der Waals surface area contributed by atoms with E-state index in [-0.39, 0.29) is 4.42 Å². The highest BCUT2D eigenvalue weighted by Crippen LogP contribution is 2.24. The van der Waals surface area contributed by atoms with E-state index in [1.807, 2.05) is 6.92 Å². The van der Waals surface area contributed by atoms with Crippen LogP contribution in [-0.4, -0.2) is 17.6 Å². The molecule has 0 aliphatic carbocycles. The van der Waals surface area contributed by atoms with Crippen molar-refractivity contribution in [2.24, 2.45) is 0 Å². The molecule has 0 aromatic carbocycles. The Bertz CT molecular complexity index is 82.5. The molecule has 48 valence electrons. The Morgan fingerprint density at radius 1 is 1.88 bits per heavy atom. The van der Waals surface area contributed by atoms with Crippen molar-refractivity contribution < 1.29 is 4.42 Å². The van der Waals surface area contributed by atoms with E-state index in [4.69, 9.17) is 0 Å². The van der Waals surface area contributed by atoms with Crippen LogP contribution in [0.2, 0.25) is 0 Å². The second-order valence-corrected chi connectivity index (χ2v) is 3.60. The lowest BCUT2D eigenvalue weighted by molar-refractivity contribution is -0.664. The van der Waals surface area contributed by atoms with Gasteiger partial charge in [0, 0.05) is 6.16 Å². The fourth-order valence-corrected chi connectivity index (χ4v) is 1.14. The van der Waals surface area contributed by atoms with Gasteiger partial charge in [0.1, 0.15) is 0 Å². The Morgan fingerprint density at radius 2 is 2.38 bits per heavy atom. The van der Waals surface area contributed by atoms with Crippen LogP contribution < -0.4 is 0 Å². The van der Waals surface area contributed by atoms with Gasteiger partial charge in [-0.3, -0.25) is 0 Å². The molecule has 2 atom stereocenters. The van der Waals surface area contributed by atoms with Gasteiger partial charge in [0.25, 0.3) is 0 Å². The molecule has 0 aliphatic rings. The Balaban J connectivity index is 3.53. The largest absolute Gasteiger partial charge is 0.627 e. The Labute approximate surface area is 52.2 Å². The molecular formula is C5H12NOP. The number of quaternary nitrogens is 1. The Hall–Kier alpha value is 0.0900. The summed E-state index contributed by atoms with van der Waals surface area (Å²) in [7, 11) is 2.01. The summed E-state index contributed by atoms with van der Waals surface area (Å²) in [5, 5.41) is 10.9. The van der Waals surface area contributed by atoms with Gasteiger partial charge in [0.2, 0.25) is 0 Å². The van der Waals surface area contributed by atoms with E-state index in [0.717, 1.165) is 6.16 Å². The predicted molar refractivity (Wildman–Crippen MR) is 38.6 cm³/mol. The maximum atomic E-state index is 10.9. The molecule has 0 saturated heterocycles. The molecule has 0 aromatic heterocycles. The van der Waals surface area contributed by atoms with Gasteiger partial charge in [0.15, 0.2) is 0 Å². The van der Waals surface area contributed by atoms with Crippen molar-refractivity contribution in [1.29, 1.82) is 0 Å². The maximum Gasteiger partial charge on any atom is 0.0935 e. The van der Waals surface area contributed by atoms with Crippen LogP contribution >= 0.6 is 8.73 Å². The van der Waals surface area contributed by atoms with Crippen LogP contribution in [0.3, 0.4) is 0 Å².